The van der Waals surface area contributed by atoms with Gasteiger partial charge in [0.1, 0.15) is 12.4 Å². The van der Waals surface area contributed by atoms with Crippen molar-refractivity contribution in [2.45, 2.75) is 19.6 Å². The Balaban J connectivity index is 1.58. The highest BCUT2D eigenvalue weighted by Crippen LogP contribution is 2.40. The van der Waals surface area contributed by atoms with Crippen molar-refractivity contribution in [2.75, 3.05) is 28.4 Å². The fourth-order valence-corrected chi connectivity index (χ4v) is 4.56. The summed E-state index contributed by atoms with van der Waals surface area (Å²) in [5.41, 5.74) is 4.57. The lowest BCUT2D eigenvalue weighted by atomic mass is 9.95. The van der Waals surface area contributed by atoms with Gasteiger partial charge in [0.2, 0.25) is 5.69 Å². The number of aryl methyl sites for hydroxylation is 2. The number of fused-ring (bicyclic) bond motifs is 4. The molecule has 0 radical (unpaired) electrons. The molecule has 3 aromatic carbocycles. The summed E-state index contributed by atoms with van der Waals surface area (Å²) in [6.45, 7) is 1.27. The molecule has 34 heavy (non-hydrogen) atoms. The van der Waals surface area contributed by atoms with Gasteiger partial charge < -0.3 is 23.7 Å². The summed E-state index contributed by atoms with van der Waals surface area (Å²) >= 11 is 0. The van der Waals surface area contributed by atoms with E-state index >= 15 is 0 Å². The molecule has 5 rings (SSSR count). The summed E-state index contributed by atoms with van der Waals surface area (Å²) in [5.74, 6) is 3.73. The van der Waals surface area contributed by atoms with Crippen LogP contribution in [0, 0.1) is 0 Å². The van der Waals surface area contributed by atoms with Gasteiger partial charge >= 0.3 is 0 Å². The Morgan fingerprint density at radius 2 is 1.59 bits per heavy atom. The minimum absolute atomic E-state index is 0.411. The largest absolute Gasteiger partial charge is 0.497 e. The average Bonchev–Trinajstić information content (AvgIpc) is 2.89. The van der Waals surface area contributed by atoms with Crippen LogP contribution in [0.2, 0.25) is 0 Å². The average molecular weight is 459 g/mol. The molecule has 1 aliphatic heterocycles. The lowest BCUT2D eigenvalue weighted by molar-refractivity contribution is -0.686. The van der Waals surface area contributed by atoms with Crippen molar-refractivity contribution in [3.63, 3.8) is 0 Å². The topological polar surface area (TPSA) is 50.0 Å². The number of hydrogen-bond acceptors (Lipinski definition) is 5. The number of hydrogen-bond donors (Lipinski definition) is 0. The zero-order valence-corrected chi connectivity index (χ0v) is 19.9. The van der Waals surface area contributed by atoms with Gasteiger partial charge in [-0.15, -0.1) is 0 Å². The molecule has 6 heteroatoms. The molecule has 0 unspecified atom stereocenters. The fourth-order valence-electron chi connectivity index (χ4n) is 4.56. The van der Waals surface area contributed by atoms with Gasteiger partial charge in [-0.05, 0) is 52.9 Å². The van der Waals surface area contributed by atoms with Crippen molar-refractivity contribution in [1.82, 2.24) is 0 Å². The summed E-state index contributed by atoms with van der Waals surface area (Å²) < 4.78 is 30.7. The van der Waals surface area contributed by atoms with Gasteiger partial charge in [-0.2, -0.15) is 4.57 Å². The van der Waals surface area contributed by atoms with E-state index < -0.39 is 0 Å². The molecule has 4 aromatic rings. The number of benzene rings is 3. The van der Waals surface area contributed by atoms with Crippen molar-refractivity contribution in [3.8, 4) is 40.0 Å². The summed E-state index contributed by atoms with van der Waals surface area (Å²) in [6, 6.07) is 18.3. The van der Waals surface area contributed by atoms with E-state index in [0.717, 1.165) is 63.6 Å². The predicted octanol–water partition coefficient (Wildman–Crippen LogP) is 4.96. The Kier molecular flexibility index (Phi) is 5.88. The van der Waals surface area contributed by atoms with E-state index in [1.165, 1.54) is 5.56 Å². The SMILES string of the molecule is COc1cccc(COc2c(OC)ccc3cc4[n+](cc23)CCc2cc(OC)c(OC)cc2-4)c1. The van der Waals surface area contributed by atoms with Crippen LogP contribution in [0.15, 0.2) is 60.8 Å². The number of ether oxygens (including phenoxy) is 5. The summed E-state index contributed by atoms with van der Waals surface area (Å²) in [6.07, 6.45) is 3.07. The second kappa shape index (κ2) is 9.14. The van der Waals surface area contributed by atoms with Crippen LogP contribution in [0.5, 0.6) is 28.7 Å². The van der Waals surface area contributed by atoms with E-state index in [2.05, 4.69) is 35.0 Å². The van der Waals surface area contributed by atoms with E-state index in [9.17, 15) is 0 Å². The molecular formula is C28H28NO5+. The highest BCUT2D eigenvalue weighted by atomic mass is 16.5. The Bertz CT molecular complexity index is 1370. The molecule has 0 N–H and O–H groups in total. The fraction of sp³-hybridized carbons (Fsp3) is 0.250. The Morgan fingerprint density at radius 3 is 2.35 bits per heavy atom. The van der Waals surface area contributed by atoms with Gasteiger partial charge in [0, 0.05) is 12.5 Å². The molecular weight excluding hydrogens is 430 g/mol. The minimum atomic E-state index is 0.411. The van der Waals surface area contributed by atoms with E-state index in [0.29, 0.717) is 12.4 Å². The van der Waals surface area contributed by atoms with Crippen LogP contribution in [0.1, 0.15) is 11.1 Å². The normalized spacial score (nSPS) is 12.0. The summed E-state index contributed by atoms with van der Waals surface area (Å²) in [5, 5.41) is 2.09. The third-order valence-corrected chi connectivity index (χ3v) is 6.32. The van der Waals surface area contributed by atoms with Gasteiger partial charge in [-0.3, -0.25) is 0 Å². The van der Waals surface area contributed by atoms with Gasteiger partial charge in [-0.1, -0.05) is 12.1 Å². The standard InChI is InChI=1S/C28H28NO5/c1-30-21-7-5-6-18(12-21)17-34-28-23-16-29-11-10-20-14-26(32-3)27(33-4)15-22(20)24(29)13-19(23)8-9-25(28)31-2/h5-9,12-16H,10-11,17H2,1-4H3/q+1. The predicted molar refractivity (Wildman–Crippen MR) is 130 cm³/mol. The minimum Gasteiger partial charge on any atom is -0.497 e. The molecule has 0 aliphatic carbocycles. The monoisotopic (exact) mass is 458 g/mol. The molecule has 2 heterocycles. The molecule has 0 bridgehead atoms. The summed E-state index contributed by atoms with van der Waals surface area (Å²) in [7, 11) is 6.67. The number of methoxy groups -OCH3 is 4. The van der Waals surface area contributed by atoms with Gasteiger partial charge in [-0.25, -0.2) is 0 Å². The molecule has 0 saturated carbocycles. The molecule has 1 aliphatic rings. The van der Waals surface area contributed by atoms with Crippen molar-refractivity contribution in [3.05, 3.63) is 71.9 Å². The number of pyridine rings is 1. The van der Waals surface area contributed by atoms with Gasteiger partial charge in [0.05, 0.1) is 39.4 Å². The maximum Gasteiger partial charge on any atom is 0.213 e. The molecule has 174 valence electrons. The van der Waals surface area contributed by atoms with E-state index in [4.69, 9.17) is 23.7 Å². The maximum absolute atomic E-state index is 6.32. The van der Waals surface area contributed by atoms with Crippen molar-refractivity contribution < 1.29 is 28.3 Å². The molecule has 0 spiro atoms. The molecule has 6 nitrogen and oxygen atoms in total. The molecule has 0 atom stereocenters. The van der Waals surface area contributed by atoms with Crippen LogP contribution in [-0.2, 0) is 19.6 Å². The molecule has 0 amide bonds. The van der Waals surface area contributed by atoms with Crippen LogP contribution in [0.25, 0.3) is 22.0 Å². The first kappa shape index (κ1) is 21.9. The quantitative estimate of drug-likeness (QED) is 0.366. The second-order valence-electron chi connectivity index (χ2n) is 8.21. The third kappa shape index (κ3) is 3.85. The van der Waals surface area contributed by atoms with Crippen LogP contribution in [-0.4, -0.2) is 28.4 Å². The molecule has 1 aromatic heterocycles. The van der Waals surface area contributed by atoms with E-state index in [1.807, 2.05) is 30.3 Å². The zero-order chi connectivity index (χ0) is 23.7. The lowest BCUT2D eigenvalue weighted by Crippen LogP contribution is -2.40. The second-order valence-corrected chi connectivity index (χ2v) is 8.21. The first-order valence-corrected chi connectivity index (χ1v) is 11.2. The highest BCUT2D eigenvalue weighted by Gasteiger charge is 2.27. The van der Waals surface area contributed by atoms with Crippen molar-refractivity contribution in [1.29, 1.82) is 0 Å². The third-order valence-electron chi connectivity index (χ3n) is 6.32. The first-order valence-electron chi connectivity index (χ1n) is 11.2. The van der Waals surface area contributed by atoms with Crippen LogP contribution < -0.4 is 28.3 Å². The Labute approximate surface area is 199 Å². The maximum atomic E-state index is 6.32. The first-order chi connectivity index (χ1) is 16.6. The van der Waals surface area contributed by atoms with E-state index in [-0.39, 0.29) is 0 Å². The Hall–Kier alpha value is -3.93. The van der Waals surface area contributed by atoms with Gasteiger partial charge in [0.15, 0.2) is 35.7 Å². The number of rotatable bonds is 7. The van der Waals surface area contributed by atoms with Crippen LogP contribution in [0.4, 0.5) is 0 Å². The summed E-state index contributed by atoms with van der Waals surface area (Å²) in [4.78, 5) is 0. The van der Waals surface area contributed by atoms with Crippen molar-refractivity contribution in [2.24, 2.45) is 0 Å². The number of aromatic nitrogens is 1. The highest BCUT2D eigenvalue weighted by molar-refractivity contribution is 5.91. The lowest BCUT2D eigenvalue weighted by Gasteiger charge is -2.19. The van der Waals surface area contributed by atoms with E-state index in [1.54, 1.807) is 28.4 Å². The smallest absolute Gasteiger partial charge is 0.213 e. The number of nitrogens with zero attached hydrogens (tertiary/aromatic N) is 1. The van der Waals surface area contributed by atoms with Crippen LogP contribution in [0.3, 0.4) is 0 Å². The van der Waals surface area contributed by atoms with Gasteiger partial charge in [0.25, 0.3) is 0 Å². The molecule has 0 fully saturated rings. The van der Waals surface area contributed by atoms with Crippen LogP contribution >= 0.6 is 0 Å². The zero-order valence-electron chi connectivity index (χ0n) is 19.9. The molecule has 0 saturated heterocycles. The van der Waals surface area contributed by atoms with Crippen molar-refractivity contribution >= 4 is 10.8 Å². The Morgan fingerprint density at radius 1 is 0.794 bits per heavy atom.